The predicted molar refractivity (Wildman–Crippen MR) is 130 cm³/mol. The first-order valence-electron chi connectivity index (χ1n) is 12.7. The first kappa shape index (κ1) is 30.6. The highest BCUT2D eigenvalue weighted by atomic mass is 16.5. The number of aromatic nitrogens is 3. The van der Waals surface area contributed by atoms with Gasteiger partial charge >= 0.3 is 16.9 Å². The van der Waals surface area contributed by atoms with Crippen molar-refractivity contribution in [2.24, 2.45) is 15.0 Å². The van der Waals surface area contributed by atoms with E-state index >= 15 is 0 Å². The Labute approximate surface area is 210 Å². The molecule has 36 heavy (non-hydrogen) atoms. The number of hydrogen-bond acceptors (Lipinski definition) is 9. The molecule has 0 amide bonds. The van der Waals surface area contributed by atoms with Gasteiger partial charge in [-0.3, -0.25) is 14.6 Å². The summed E-state index contributed by atoms with van der Waals surface area (Å²) in [5.74, 6) is 0. The van der Waals surface area contributed by atoms with E-state index in [9.17, 15) is 29.2 Å². The normalized spacial score (nSPS) is 10.3. The van der Waals surface area contributed by atoms with Crippen LogP contribution in [0.25, 0.3) is 0 Å². The van der Waals surface area contributed by atoms with E-state index in [0.29, 0.717) is 50.2 Å². The minimum Gasteiger partial charge on any atom is -0.262 e. The minimum atomic E-state index is -0.547. The molecule has 0 aliphatic rings. The largest absolute Gasteiger partial charge is 0.384 e. The molecule has 1 aromatic rings. The van der Waals surface area contributed by atoms with Crippen LogP contribution in [-0.2, 0) is 33.9 Å². The van der Waals surface area contributed by atoms with Gasteiger partial charge in [-0.05, 0) is 43.2 Å². The SMILES string of the molecule is O=C=NCCCCCCc1c(=O)n(CCCCCCN=C=O)c(=O)n(CCCCCCN=C=O)[n+]1O. The van der Waals surface area contributed by atoms with Gasteiger partial charge in [0.25, 0.3) is 0 Å². The zero-order valence-electron chi connectivity index (χ0n) is 20.9. The number of nitrogens with zero attached hydrogens (tertiary/aromatic N) is 6. The summed E-state index contributed by atoms with van der Waals surface area (Å²) >= 11 is 0. The lowest BCUT2D eigenvalue weighted by atomic mass is 10.1. The fraction of sp³-hybridized carbons (Fsp3) is 0.750. The molecule has 0 bridgehead atoms. The third-order valence-electron chi connectivity index (χ3n) is 5.83. The van der Waals surface area contributed by atoms with Crippen LogP contribution in [0.2, 0.25) is 0 Å². The Kier molecular flexibility index (Phi) is 16.8. The van der Waals surface area contributed by atoms with Gasteiger partial charge < -0.3 is 0 Å². The zero-order valence-corrected chi connectivity index (χ0v) is 20.9. The summed E-state index contributed by atoms with van der Waals surface area (Å²) < 4.78 is 2.40. The van der Waals surface area contributed by atoms with Crippen LogP contribution in [0.4, 0.5) is 0 Å². The second-order valence-electron chi connectivity index (χ2n) is 8.51. The third-order valence-corrected chi connectivity index (χ3v) is 5.83. The van der Waals surface area contributed by atoms with Gasteiger partial charge in [-0.1, -0.05) is 38.5 Å². The highest BCUT2D eigenvalue weighted by Gasteiger charge is 2.26. The molecule has 0 radical (unpaired) electrons. The van der Waals surface area contributed by atoms with E-state index in [1.807, 2.05) is 0 Å². The van der Waals surface area contributed by atoms with E-state index in [2.05, 4.69) is 15.0 Å². The number of hydrogen-bond donors (Lipinski definition) is 1. The van der Waals surface area contributed by atoms with Crippen molar-refractivity contribution in [3.8, 4) is 0 Å². The van der Waals surface area contributed by atoms with Gasteiger partial charge in [0.2, 0.25) is 18.2 Å². The molecule has 0 unspecified atom stereocenters. The summed E-state index contributed by atoms with van der Waals surface area (Å²) in [5.41, 5.74) is -0.864. The average molecular weight is 506 g/mol. The predicted octanol–water partition coefficient (Wildman–Crippen LogP) is 1.77. The Morgan fingerprint density at radius 2 is 1.08 bits per heavy atom. The number of rotatable bonds is 21. The van der Waals surface area contributed by atoms with E-state index in [4.69, 9.17) is 0 Å². The fourth-order valence-corrected chi connectivity index (χ4v) is 3.88. The molecule has 12 heteroatoms. The fourth-order valence-electron chi connectivity index (χ4n) is 3.88. The second-order valence-corrected chi connectivity index (χ2v) is 8.51. The Bertz CT molecular complexity index is 981. The van der Waals surface area contributed by atoms with Crippen molar-refractivity contribution in [3.05, 3.63) is 26.5 Å². The molecule has 0 fully saturated rings. The lowest BCUT2D eigenvalue weighted by molar-refractivity contribution is -0.973. The molecule has 0 aromatic carbocycles. The maximum atomic E-state index is 13.1. The topological polar surface area (TPSA) is 156 Å². The Balaban J connectivity index is 2.88. The molecule has 0 saturated heterocycles. The smallest absolute Gasteiger partial charge is 0.262 e. The number of carbonyl (C=O) groups excluding carboxylic acids is 3. The summed E-state index contributed by atoms with van der Waals surface area (Å²) in [6.07, 6.45) is 13.7. The van der Waals surface area contributed by atoms with E-state index in [1.165, 1.54) is 27.5 Å². The van der Waals surface area contributed by atoms with Crippen molar-refractivity contribution in [1.29, 1.82) is 0 Å². The molecule has 1 N–H and O–H groups in total. The van der Waals surface area contributed by atoms with Crippen molar-refractivity contribution >= 4 is 18.2 Å². The van der Waals surface area contributed by atoms with E-state index in [1.54, 1.807) is 0 Å². The molecule has 0 atom stereocenters. The number of isocyanates is 3. The van der Waals surface area contributed by atoms with Crippen LogP contribution in [-0.4, -0.2) is 52.3 Å². The molecule has 1 rings (SSSR count). The van der Waals surface area contributed by atoms with E-state index in [0.717, 1.165) is 57.8 Å². The quantitative estimate of drug-likeness (QED) is 0.0882. The van der Waals surface area contributed by atoms with Crippen molar-refractivity contribution in [3.63, 3.8) is 0 Å². The van der Waals surface area contributed by atoms with Gasteiger partial charge in [-0.15, -0.1) is 0 Å². The van der Waals surface area contributed by atoms with Crippen LogP contribution < -0.4 is 16.1 Å². The van der Waals surface area contributed by atoms with Gasteiger partial charge in [0.15, 0.2) is 0 Å². The van der Waals surface area contributed by atoms with Gasteiger partial charge in [0, 0.05) is 13.0 Å². The molecule has 1 heterocycles. The zero-order chi connectivity index (χ0) is 26.4. The van der Waals surface area contributed by atoms with Crippen LogP contribution in [0.5, 0.6) is 0 Å². The third kappa shape index (κ3) is 11.8. The summed E-state index contributed by atoms with van der Waals surface area (Å²) in [4.78, 5) is 67.7. The van der Waals surface area contributed by atoms with Crippen LogP contribution in [0, 0.1) is 0 Å². The van der Waals surface area contributed by atoms with Crippen LogP contribution in [0.1, 0.15) is 82.7 Å². The molecule has 198 valence electrons. The molecular formula is C24H37N6O6+. The summed E-state index contributed by atoms with van der Waals surface area (Å²) in [6.45, 7) is 1.76. The summed E-state index contributed by atoms with van der Waals surface area (Å²) in [6, 6.07) is 0. The second kappa shape index (κ2) is 19.8. The lowest BCUT2D eigenvalue weighted by Gasteiger charge is -2.09. The number of aliphatic imine (C=N–C) groups is 3. The Morgan fingerprint density at radius 1 is 0.639 bits per heavy atom. The molecule has 0 aliphatic carbocycles. The summed E-state index contributed by atoms with van der Waals surface area (Å²) in [7, 11) is 0. The lowest BCUT2D eigenvalue weighted by Crippen LogP contribution is -2.61. The molecule has 12 nitrogen and oxygen atoms in total. The molecular weight excluding hydrogens is 468 g/mol. The Hall–Kier alpha value is -3.45. The minimum absolute atomic E-state index is 0.168. The first-order chi connectivity index (χ1) is 17.6. The van der Waals surface area contributed by atoms with Crippen molar-refractivity contribution in [2.75, 3.05) is 19.6 Å². The van der Waals surface area contributed by atoms with Crippen LogP contribution in [0.15, 0.2) is 24.6 Å². The molecule has 0 spiro atoms. The van der Waals surface area contributed by atoms with Crippen LogP contribution in [0.3, 0.4) is 0 Å². The summed E-state index contributed by atoms with van der Waals surface area (Å²) in [5, 5.41) is 10.7. The maximum Gasteiger partial charge on any atom is 0.384 e. The molecule has 0 aliphatic heterocycles. The van der Waals surface area contributed by atoms with Gasteiger partial charge in [-0.2, -0.15) is 0 Å². The number of unbranched alkanes of at least 4 members (excludes halogenated alkanes) is 9. The van der Waals surface area contributed by atoms with Crippen LogP contribution >= 0.6 is 0 Å². The first-order valence-corrected chi connectivity index (χ1v) is 12.7. The molecule has 0 saturated carbocycles. The highest BCUT2D eigenvalue weighted by Crippen LogP contribution is 2.05. The standard InChI is InChI=1S/C24H37N6O6/c31-19-25-14-8-2-1-7-13-22-23(34)28(17-11-5-3-9-15-26-20-32)24(35)29(30(22)36)18-12-6-4-10-16-27-21-33/h36H,1-18H2/q+1. The average Bonchev–Trinajstić information content (AvgIpc) is 2.87. The van der Waals surface area contributed by atoms with Gasteiger partial charge in [-0.25, -0.2) is 34.2 Å². The van der Waals surface area contributed by atoms with Gasteiger partial charge in [0.05, 0.1) is 26.2 Å². The van der Waals surface area contributed by atoms with Crippen molar-refractivity contribution < 1.29 is 24.4 Å². The highest BCUT2D eigenvalue weighted by molar-refractivity contribution is 5.33. The Morgan fingerprint density at radius 3 is 1.58 bits per heavy atom. The van der Waals surface area contributed by atoms with Crippen molar-refractivity contribution in [2.45, 2.75) is 96.6 Å². The molecule has 1 aromatic heterocycles. The van der Waals surface area contributed by atoms with Gasteiger partial charge in [0.1, 0.15) is 4.85 Å². The monoisotopic (exact) mass is 505 g/mol. The van der Waals surface area contributed by atoms with Crippen molar-refractivity contribution in [1.82, 2.24) is 9.25 Å². The maximum absolute atomic E-state index is 13.1. The van der Waals surface area contributed by atoms with E-state index < -0.39 is 11.2 Å². The van der Waals surface area contributed by atoms with E-state index in [-0.39, 0.29) is 18.8 Å².